The molecule has 0 radical (unpaired) electrons. The molecule has 0 aliphatic carbocycles. The number of unbranched alkanes of at least 4 members (excludes halogenated alkanes) is 1. The van der Waals surface area contributed by atoms with Gasteiger partial charge in [-0.25, -0.2) is 0 Å². The lowest BCUT2D eigenvalue weighted by Crippen LogP contribution is -2.42. The van der Waals surface area contributed by atoms with Crippen molar-refractivity contribution < 1.29 is 14.7 Å². The van der Waals surface area contributed by atoms with Crippen molar-refractivity contribution in [3.05, 3.63) is 12.2 Å². The quantitative estimate of drug-likeness (QED) is 0.0990. The zero-order valence-electron chi connectivity index (χ0n) is 27.3. The normalized spacial score (nSPS) is 10.7. The number of rotatable bonds is 19. The number of carboxylic acid groups (broad SMARTS) is 1. The summed E-state index contributed by atoms with van der Waals surface area (Å²) in [6.07, 6.45) is 15.8. The second kappa shape index (κ2) is 31.3. The van der Waals surface area contributed by atoms with Crippen LogP contribution >= 0.6 is 23.2 Å². The van der Waals surface area contributed by atoms with Gasteiger partial charge in [0.1, 0.15) is 0 Å². The van der Waals surface area contributed by atoms with Crippen molar-refractivity contribution in [2.24, 2.45) is 17.8 Å². The first-order valence-electron chi connectivity index (χ1n) is 15.7. The van der Waals surface area contributed by atoms with Crippen LogP contribution in [0.3, 0.4) is 0 Å². The number of nitrogens with zero attached hydrogens (tertiary/aromatic N) is 1. The predicted octanol–water partition coefficient (Wildman–Crippen LogP) is 6.38. The molecular formula is C41H41Cl2NO3. The van der Waals surface area contributed by atoms with E-state index in [0.29, 0.717) is 55.9 Å². The summed E-state index contributed by atoms with van der Waals surface area (Å²) in [5.74, 6) is 43.6. The molecule has 6 heteroatoms. The number of carboxylic acids is 1. The van der Waals surface area contributed by atoms with E-state index in [2.05, 4.69) is 114 Å². The number of hydrogen-bond donors (Lipinski definition) is 1. The molecule has 4 nitrogen and oxygen atoms in total. The van der Waals surface area contributed by atoms with Crippen molar-refractivity contribution in [3.63, 3.8) is 0 Å². The van der Waals surface area contributed by atoms with E-state index in [9.17, 15) is 9.59 Å². The highest BCUT2D eigenvalue weighted by molar-refractivity contribution is 6.18. The minimum atomic E-state index is -0.842. The number of allylic oxidation sites excluding steroid dienone is 1. The topological polar surface area (TPSA) is 57.6 Å². The third-order valence-electron chi connectivity index (χ3n) is 6.82. The van der Waals surface area contributed by atoms with E-state index in [1.807, 2.05) is 4.90 Å². The lowest BCUT2D eigenvalue weighted by atomic mass is 9.93. The number of amides is 1. The molecule has 1 N–H and O–H groups in total. The van der Waals surface area contributed by atoms with Gasteiger partial charge < -0.3 is 10.0 Å². The number of terminal acetylenes is 1. The van der Waals surface area contributed by atoms with Crippen LogP contribution in [0.15, 0.2) is 12.2 Å². The lowest BCUT2D eigenvalue weighted by molar-refractivity contribution is -0.137. The van der Waals surface area contributed by atoms with E-state index in [0.717, 1.165) is 38.5 Å². The summed E-state index contributed by atoms with van der Waals surface area (Å²) in [7, 11) is 0. The van der Waals surface area contributed by atoms with Crippen LogP contribution in [0.1, 0.15) is 78.1 Å². The molecule has 3 unspecified atom stereocenters. The van der Waals surface area contributed by atoms with Crippen LogP contribution in [0.25, 0.3) is 0 Å². The van der Waals surface area contributed by atoms with E-state index in [1.54, 1.807) is 12.2 Å². The fourth-order valence-corrected chi connectivity index (χ4v) is 4.63. The van der Waals surface area contributed by atoms with Crippen LogP contribution in [0.4, 0.5) is 0 Å². The first-order valence-corrected chi connectivity index (χ1v) is 16.7. The molecule has 0 aliphatic heterocycles. The maximum Gasteiger partial charge on any atom is 0.303 e. The summed E-state index contributed by atoms with van der Waals surface area (Å²) in [5.41, 5.74) is 0. The van der Waals surface area contributed by atoms with Crippen LogP contribution < -0.4 is 0 Å². The van der Waals surface area contributed by atoms with Gasteiger partial charge in [0.25, 0.3) is 0 Å². The Morgan fingerprint density at radius 1 is 0.681 bits per heavy atom. The van der Waals surface area contributed by atoms with Gasteiger partial charge in [0.05, 0.1) is 5.92 Å². The number of aliphatic carboxylic acids is 1. The van der Waals surface area contributed by atoms with Gasteiger partial charge in [-0.2, -0.15) is 0 Å². The Morgan fingerprint density at radius 3 is 1.53 bits per heavy atom. The first kappa shape index (κ1) is 42.3. The largest absolute Gasteiger partial charge is 0.481 e. The van der Waals surface area contributed by atoms with Gasteiger partial charge in [0.2, 0.25) is 5.91 Å². The SMILES string of the molecule is C#CC#CC#CC#CC#CC#CC#CC#CC#C/C=C\C(CCCCC(=O)O)C(=O)N(CC(CC)CCCCl)CC(CC)CCCCl. The van der Waals surface area contributed by atoms with Crippen molar-refractivity contribution >= 4 is 35.1 Å². The third kappa shape index (κ3) is 25.2. The minimum Gasteiger partial charge on any atom is -0.481 e. The van der Waals surface area contributed by atoms with Gasteiger partial charge in [-0.05, 0) is 151 Å². The lowest BCUT2D eigenvalue weighted by Gasteiger charge is -2.33. The zero-order chi connectivity index (χ0) is 34.8. The Morgan fingerprint density at radius 2 is 1.13 bits per heavy atom. The van der Waals surface area contributed by atoms with Gasteiger partial charge in [0.15, 0.2) is 0 Å². The molecule has 242 valence electrons. The van der Waals surface area contributed by atoms with E-state index < -0.39 is 11.9 Å². The molecule has 0 heterocycles. The average Bonchev–Trinajstić information content (AvgIpc) is 3.07. The maximum atomic E-state index is 14.0. The number of carbonyl (C=O) groups is 2. The monoisotopic (exact) mass is 665 g/mol. The zero-order valence-corrected chi connectivity index (χ0v) is 28.8. The van der Waals surface area contributed by atoms with Gasteiger partial charge in [-0.1, -0.05) is 45.1 Å². The summed E-state index contributed by atoms with van der Waals surface area (Å²) in [6.45, 7) is 5.62. The average molecular weight is 667 g/mol. The Bertz CT molecular complexity index is 1560. The highest BCUT2D eigenvalue weighted by atomic mass is 35.5. The summed E-state index contributed by atoms with van der Waals surface area (Å²) in [6, 6.07) is 0. The molecule has 0 fully saturated rings. The molecule has 0 saturated carbocycles. The van der Waals surface area contributed by atoms with Crippen LogP contribution in [0, 0.1) is 125 Å². The summed E-state index contributed by atoms with van der Waals surface area (Å²) >= 11 is 12.0. The summed E-state index contributed by atoms with van der Waals surface area (Å²) in [5, 5.41) is 9.06. The Labute approximate surface area is 293 Å². The highest BCUT2D eigenvalue weighted by Crippen LogP contribution is 2.22. The maximum absolute atomic E-state index is 14.0. The smallest absolute Gasteiger partial charge is 0.303 e. The molecule has 0 rings (SSSR count). The second-order valence-corrected chi connectivity index (χ2v) is 11.0. The molecule has 3 atom stereocenters. The van der Waals surface area contributed by atoms with Crippen molar-refractivity contribution in [2.45, 2.75) is 78.1 Å². The molecular weight excluding hydrogens is 625 g/mol. The van der Waals surface area contributed by atoms with Crippen LogP contribution in [-0.4, -0.2) is 46.7 Å². The predicted molar refractivity (Wildman–Crippen MR) is 194 cm³/mol. The second-order valence-electron chi connectivity index (χ2n) is 10.2. The van der Waals surface area contributed by atoms with E-state index in [1.165, 1.54) is 0 Å². The first-order chi connectivity index (χ1) is 22.9. The fraction of sp³-hybridized carbons (Fsp3) is 0.463. The molecule has 0 aliphatic rings. The summed E-state index contributed by atoms with van der Waals surface area (Å²) in [4.78, 5) is 27.0. The van der Waals surface area contributed by atoms with E-state index >= 15 is 0 Å². The molecule has 0 saturated heterocycles. The van der Waals surface area contributed by atoms with E-state index in [-0.39, 0.29) is 12.3 Å². The third-order valence-corrected chi connectivity index (χ3v) is 7.35. The Kier molecular flexibility index (Phi) is 28.2. The van der Waals surface area contributed by atoms with Crippen LogP contribution in [-0.2, 0) is 9.59 Å². The highest BCUT2D eigenvalue weighted by Gasteiger charge is 2.26. The minimum absolute atomic E-state index is 0.0407. The number of halogens is 2. The van der Waals surface area contributed by atoms with Gasteiger partial charge in [-0.15, -0.1) is 29.6 Å². The fourth-order valence-electron chi connectivity index (χ4n) is 4.32. The van der Waals surface area contributed by atoms with Crippen LogP contribution in [0.5, 0.6) is 0 Å². The molecule has 0 aromatic heterocycles. The summed E-state index contributed by atoms with van der Waals surface area (Å²) < 4.78 is 0. The number of hydrogen-bond acceptors (Lipinski definition) is 2. The molecule has 1 amide bonds. The van der Waals surface area contributed by atoms with Gasteiger partial charge in [-0.3, -0.25) is 9.59 Å². The number of alkyl halides is 2. The van der Waals surface area contributed by atoms with Crippen molar-refractivity contribution in [1.82, 2.24) is 4.90 Å². The van der Waals surface area contributed by atoms with Gasteiger partial charge >= 0.3 is 5.97 Å². The molecule has 0 bridgehead atoms. The van der Waals surface area contributed by atoms with Crippen LogP contribution in [0.2, 0.25) is 0 Å². The van der Waals surface area contributed by atoms with Crippen molar-refractivity contribution in [1.29, 1.82) is 0 Å². The van der Waals surface area contributed by atoms with Crippen molar-refractivity contribution in [2.75, 3.05) is 24.8 Å². The Hall–Kier alpha value is -4.70. The van der Waals surface area contributed by atoms with E-state index in [4.69, 9.17) is 34.7 Å². The molecule has 0 aromatic carbocycles. The molecule has 0 aromatic rings. The Balaban J connectivity index is 5.73. The van der Waals surface area contributed by atoms with Crippen molar-refractivity contribution in [3.8, 4) is 107 Å². The number of carbonyl (C=O) groups excluding carboxylic acids is 1. The molecule has 47 heavy (non-hydrogen) atoms. The standard InChI is InChI=1S/C41H41Cl2NO3/c1-4-7-8-9-10-11-12-13-14-15-16-17-18-19-20-21-22-23-30-39(31-24-25-32-40(45)46)41(47)44(35-37(5-2)28-26-33-42)36-38(6-3)29-27-34-43/h1,23,30,37-39H,5-6,24-29,31-36H2,2-3H3,(H,45,46)/b30-23-. The molecule has 0 spiro atoms. The van der Waals surface area contributed by atoms with Gasteiger partial charge in [0, 0.05) is 31.3 Å².